The van der Waals surface area contributed by atoms with Crippen LogP contribution in [0.1, 0.15) is 42.6 Å². The quantitative estimate of drug-likeness (QED) is 0.540. The Balaban J connectivity index is 1.61. The first kappa shape index (κ1) is 22.7. The van der Waals surface area contributed by atoms with Gasteiger partial charge in [-0.3, -0.25) is 9.59 Å². The van der Waals surface area contributed by atoms with Crippen molar-refractivity contribution in [2.24, 2.45) is 5.92 Å². The van der Waals surface area contributed by atoms with Crippen molar-refractivity contribution in [1.29, 1.82) is 0 Å². The zero-order valence-corrected chi connectivity index (χ0v) is 18.7. The molecule has 0 aromatic heterocycles. The fourth-order valence-electron chi connectivity index (χ4n) is 2.78. The summed E-state index contributed by atoms with van der Waals surface area (Å²) >= 11 is 6.35. The smallest absolute Gasteiger partial charge is 0.251 e. The van der Waals surface area contributed by atoms with E-state index in [1.165, 1.54) is 6.08 Å². The molecule has 0 atom stereocenters. The molecule has 1 aliphatic rings. The van der Waals surface area contributed by atoms with Crippen LogP contribution in [0, 0.1) is 5.92 Å². The summed E-state index contributed by atoms with van der Waals surface area (Å²) in [5, 5.41) is 6.12. The molecule has 1 aliphatic carbocycles. The van der Waals surface area contributed by atoms with Crippen molar-refractivity contribution < 1.29 is 19.1 Å². The normalized spacial score (nSPS) is 13.3. The molecular formula is C24H27ClN2O4. The molecule has 0 spiro atoms. The van der Waals surface area contributed by atoms with Gasteiger partial charge in [-0.2, -0.15) is 0 Å². The van der Waals surface area contributed by atoms with Crippen LogP contribution in [-0.4, -0.2) is 31.6 Å². The maximum absolute atomic E-state index is 12.3. The summed E-state index contributed by atoms with van der Waals surface area (Å²) in [7, 11) is 1.54. The number of rotatable bonds is 9. The predicted molar refractivity (Wildman–Crippen MR) is 123 cm³/mol. The Morgan fingerprint density at radius 3 is 2.52 bits per heavy atom. The topological polar surface area (TPSA) is 76.7 Å². The Morgan fingerprint density at radius 1 is 1.19 bits per heavy atom. The standard InChI is InChI=1S/C24H27ClN2O4/c1-15(2)14-31-23-20(25)12-16(13-21(23)30-3)4-11-22(28)26-18-7-5-17(6-8-18)24(29)27-19-9-10-19/h4-8,11-13,15,19H,9-10,14H2,1-3H3,(H,26,28)(H,27,29)/b11-4+. The van der Waals surface area contributed by atoms with Crippen LogP contribution < -0.4 is 20.1 Å². The SMILES string of the molecule is COc1cc(/C=C/C(=O)Nc2ccc(C(=O)NC3CC3)cc2)cc(Cl)c1OCC(C)C. The molecule has 1 saturated carbocycles. The van der Waals surface area contributed by atoms with E-state index in [4.69, 9.17) is 21.1 Å². The second-order valence-electron chi connectivity index (χ2n) is 7.89. The molecule has 1 fully saturated rings. The summed E-state index contributed by atoms with van der Waals surface area (Å²) in [5.74, 6) is 0.960. The van der Waals surface area contributed by atoms with E-state index in [1.807, 2.05) is 13.8 Å². The van der Waals surface area contributed by atoms with Crippen molar-refractivity contribution in [3.8, 4) is 11.5 Å². The fraction of sp³-hybridized carbons (Fsp3) is 0.333. The number of ether oxygens (including phenoxy) is 2. The number of halogens is 1. The Labute approximate surface area is 187 Å². The molecule has 164 valence electrons. The number of amides is 2. The Morgan fingerprint density at radius 2 is 1.90 bits per heavy atom. The van der Waals surface area contributed by atoms with E-state index in [-0.39, 0.29) is 11.8 Å². The third-order valence-electron chi connectivity index (χ3n) is 4.57. The lowest BCUT2D eigenvalue weighted by Crippen LogP contribution is -2.25. The molecular weight excluding hydrogens is 416 g/mol. The second-order valence-corrected chi connectivity index (χ2v) is 8.29. The molecule has 0 aliphatic heterocycles. The van der Waals surface area contributed by atoms with Crippen molar-refractivity contribution in [2.45, 2.75) is 32.7 Å². The van der Waals surface area contributed by atoms with E-state index in [0.717, 1.165) is 12.8 Å². The molecule has 2 aromatic carbocycles. The average Bonchev–Trinajstić information content (AvgIpc) is 3.55. The van der Waals surface area contributed by atoms with E-state index in [9.17, 15) is 9.59 Å². The Hall–Kier alpha value is -2.99. The largest absolute Gasteiger partial charge is 0.493 e. The summed E-state index contributed by atoms with van der Waals surface area (Å²) in [6, 6.07) is 10.6. The van der Waals surface area contributed by atoms with Gasteiger partial charge in [0.1, 0.15) is 0 Å². The number of hydrogen-bond acceptors (Lipinski definition) is 4. The van der Waals surface area contributed by atoms with Gasteiger partial charge in [0.25, 0.3) is 5.91 Å². The number of anilines is 1. The number of nitrogens with one attached hydrogen (secondary N) is 2. The first-order chi connectivity index (χ1) is 14.9. The molecule has 3 rings (SSSR count). The lowest BCUT2D eigenvalue weighted by Gasteiger charge is -2.14. The van der Waals surface area contributed by atoms with E-state index >= 15 is 0 Å². The van der Waals surface area contributed by atoms with Crippen molar-refractivity contribution in [3.05, 3.63) is 58.6 Å². The van der Waals surface area contributed by atoms with Gasteiger partial charge in [0.05, 0.1) is 18.7 Å². The van der Waals surface area contributed by atoms with Gasteiger partial charge in [0.15, 0.2) is 11.5 Å². The minimum absolute atomic E-state index is 0.0908. The highest BCUT2D eigenvalue weighted by atomic mass is 35.5. The van der Waals surface area contributed by atoms with Crippen LogP contribution in [0.15, 0.2) is 42.5 Å². The summed E-state index contributed by atoms with van der Waals surface area (Å²) in [6.07, 6.45) is 5.13. The van der Waals surface area contributed by atoms with Crippen LogP contribution in [0.4, 0.5) is 5.69 Å². The maximum Gasteiger partial charge on any atom is 0.251 e. The third kappa shape index (κ3) is 6.76. The van der Waals surface area contributed by atoms with Crippen LogP contribution in [0.5, 0.6) is 11.5 Å². The molecule has 0 radical (unpaired) electrons. The van der Waals surface area contributed by atoms with E-state index in [1.54, 1.807) is 49.6 Å². The number of methoxy groups -OCH3 is 1. The van der Waals surface area contributed by atoms with Gasteiger partial charge in [-0.1, -0.05) is 25.4 Å². The van der Waals surface area contributed by atoms with Crippen molar-refractivity contribution in [3.63, 3.8) is 0 Å². The average molecular weight is 443 g/mol. The molecule has 0 heterocycles. The Bertz CT molecular complexity index is 966. The number of hydrogen-bond donors (Lipinski definition) is 2. The van der Waals surface area contributed by atoms with Crippen LogP contribution in [0.2, 0.25) is 5.02 Å². The molecule has 2 N–H and O–H groups in total. The van der Waals surface area contributed by atoms with Crippen LogP contribution >= 0.6 is 11.6 Å². The van der Waals surface area contributed by atoms with Gasteiger partial charge in [-0.25, -0.2) is 0 Å². The van der Waals surface area contributed by atoms with Gasteiger partial charge in [-0.05, 0) is 66.8 Å². The third-order valence-corrected chi connectivity index (χ3v) is 4.85. The second kappa shape index (κ2) is 10.4. The van der Waals surface area contributed by atoms with E-state index in [0.29, 0.717) is 51.9 Å². The number of carbonyl (C=O) groups is 2. The highest BCUT2D eigenvalue weighted by Crippen LogP contribution is 2.37. The summed E-state index contributed by atoms with van der Waals surface area (Å²) in [5.41, 5.74) is 1.88. The van der Waals surface area contributed by atoms with Gasteiger partial charge >= 0.3 is 0 Å². The molecule has 0 unspecified atom stereocenters. The van der Waals surface area contributed by atoms with E-state index < -0.39 is 0 Å². The van der Waals surface area contributed by atoms with Crippen LogP contribution in [0.25, 0.3) is 6.08 Å². The zero-order chi connectivity index (χ0) is 22.4. The minimum Gasteiger partial charge on any atom is -0.493 e. The molecule has 0 saturated heterocycles. The fourth-order valence-corrected chi connectivity index (χ4v) is 3.06. The van der Waals surface area contributed by atoms with Crippen molar-refractivity contribution in [2.75, 3.05) is 19.0 Å². The maximum atomic E-state index is 12.3. The predicted octanol–water partition coefficient (Wildman–Crippen LogP) is 4.93. The van der Waals surface area contributed by atoms with Crippen molar-refractivity contribution in [1.82, 2.24) is 5.32 Å². The summed E-state index contributed by atoms with van der Waals surface area (Å²) < 4.78 is 11.1. The summed E-state index contributed by atoms with van der Waals surface area (Å²) in [6.45, 7) is 4.62. The van der Waals surface area contributed by atoms with Crippen LogP contribution in [0.3, 0.4) is 0 Å². The van der Waals surface area contributed by atoms with E-state index in [2.05, 4.69) is 10.6 Å². The minimum atomic E-state index is -0.301. The van der Waals surface area contributed by atoms with Crippen molar-refractivity contribution >= 4 is 35.2 Å². The van der Waals surface area contributed by atoms with Gasteiger partial charge in [0, 0.05) is 23.4 Å². The molecule has 7 heteroatoms. The first-order valence-corrected chi connectivity index (χ1v) is 10.6. The highest BCUT2D eigenvalue weighted by Gasteiger charge is 2.23. The molecule has 6 nitrogen and oxygen atoms in total. The first-order valence-electron chi connectivity index (χ1n) is 10.3. The number of benzene rings is 2. The van der Waals surface area contributed by atoms with Gasteiger partial charge < -0.3 is 20.1 Å². The number of carbonyl (C=O) groups excluding carboxylic acids is 2. The van der Waals surface area contributed by atoms with Gasteiger partial charge in [0.2, 0.25) is 5.91 Å². The van der Waals surface area contributed by atoms with Crippen LogP contribution in [-0.2, 0) is 4.79 Å². The molecule has 2 amide bonds. The highest BCUT2D eigenvalue weighted by molar-refractivity contribution is 6.32. The molecule has 0 bridgehead atoms. The summed E-state index contributed by atoms with van der Waals surface area (Å²) in [4.78, 5) is 24.3. The lowest BCUT2D eigenvalue weighted by molar-refractivity contribution is -0.111. The molecule has 31 heavy (non-hydrogen) atoms. The molecule has 2 aromatic rings. The Kier molecular flexibility index (Phi) is 7.58. The zero-order valence-electron chi connectivity index (χ0n) is 17.9. The monoisotopic (exact) mass is 442 g/mol. The lowest BCUT2D eigenvalue weighted by atomic mass is 10.1. The van der Waals surface area contributed by atoms with Gasteiger partial charge in [-0.15, -0.1) is 0 Å².